The van der Waals surface area contributed by atoms with Crippen molar-refractivity contribution in [3.8, 4) is 11.5 Å². The van der Waals surface area contributed by atoms with Crippen LogP contribution in [0.5, 0.6) is 11.5 Å². The fourth-order valence-corrected chi connectivity index (χ4v) is 3.75. The molecule has 2 aromatic rings. The van der Waals surface area contributed by atoms with Gasteiger partial charge in [0.05, 0.1) is 26.8 Å². The van der Waals surface area contributed by atoms with Gasteiger partial charge < -0.3 is 19.7 Å². The summed E-state index contributed by atoms with van der Waals surface area (Å²) in [4.78, 5) is 15.7. The van der Waals surface area contributed by atoms with Gasteiger partial charge in [-0.15, -0.1) is 11.3 Å². The maximum absolute atomic E-state index is 12.6. The molecular weight excluding hydrogens is 324 g/mol. The second-order valence-corrected chi connectivity index (χ2v) is 6.73. The first-order chi connectivity index (χ1) is 11.7. The summed E-state index contributed by atoms with van der Waals surface area (Å²) in [6.45, 7) is 1.32. The minimum atomic E-state index is -0.0317. The first-order valence-corrected chi connectivity index (χ1v) is 8.89. The predicted octanol–water partition coefficient (Wildman–Crippen LogP) is 3.81. The molecule has 1 atom stereocenters. The van der Waals surface area contributed by atoms with Gasteiger partial charge in [0, 0.05) is 17.0 Å². The van der Waals surface area contributed by atoms with Crippen LogP contribution in [0.3, 0.4) is 0 Å². The first-order valence-electron chi connectivity index (χ1n) is 8.01. The number of nitrogens with zero attached hydrogens (tertiary/aromatic N) is 1. The number of urea groups is 1. The third-order valence-electron chi connectivity index (χ3n) is 4.30. The number of rotatable bonds is 5. The van der Waals surface area contributed by atoms with Gasteiger partial charge in [0.1, 0.15) is 11.5 Å². The first kappa shape index (κ1) is 16.6. The summed E-state index contributed by atoms with van der Waals surface area (Å²) in [6.07, 6.45) is 1.91. The number of carbonyl (C=O) groups is 1. The van der Waals surface area contributed by atoms with Crippen LogP contribution in [-0.2, 0) is 6.54 Å². The van der Waals surface area contributed by atoms with Gasteiger partial charge in [0.25, 0.3) is 0 Å². The van der Waals surface area contributed by atoms with Crippen molar-refractivity contribution in [3.63, 3.8) is 0 Å². The van der Waals surface area contributed by atoms with Crippen LogP contribution in [0.2, 0.25) is 0 Å². The van der Waals surface area contributed by atoms with Gasteiger partial charge in [-0.25, -0.2) is 4.79 Å². The van der Waals surface area contributed by atoms with Crippen LogP contribution < -0.4 is 14.8 Å². The number of amides is 2. The molecule has 1 aliphatic rings. The lowest BCUT2D eigenvalue weighted by Crippen LogP contribution is -2.39. The van der Waals surface area contributed by atoms with Gasteiger partial charge in [-0.3, -0.25) is 0 Å². The van der Waals surface area contributed by atoms with Crippen LogP contribution in [0, 0.1) is 0 Å². The van der Waals surface area contributed by atoms with E-state index < -0.39 is 0 Å². The van der Waals surface area contributed by atoms with Crippen LogP contribution >= 0.6 is 11.3 Å². The number of methoxy groups -OCH3 is 2. The molecule has 1 fully saturated rings. The number of likely N-dealkylation sites (tertiary alicyclic amines) is 1. The zero-order valence-corrected chi connectivity index (χ0v) is 14.8. The Kier molecular flexibility index (Phi) is 5.25. The third kappa shape index (κ3) is 3.48. The summed E-state index contributed by atoms with van der Waals surface area (Å²) in [6, 6.07) is 9.74. The quantitative estimate of drug-likeness (QED) is 0.895. The number of hydrogen-bond donors (Lipinski definition) is 1. The van der Waals surface area contributed by atoms with Crippen LogP contribution in [0.1, 0.15) is 29.3 Å². The maximum atomic E-state index is 12.6. The Morgan fingerprint density at radius 1 is 1.33 bits per heavy atom. The van der Waals surface area contributed by atoms with Crippen molar-refractivity contribution in [1.82, 2.24) is 10.2 Å². The van der Waals surface area contributed by atoms with Crippen LogP contribution in [-0.4, -0.2) is 31.7 Å². The Morgan fingerprint density at radius 2 is 2.21 bits per heavy atom. The third-order valence-corrected chi connectivity index (χ3v) is 5.18. The second kappa shape index (κ2) is 7.57. The molecule has 2 heterocycles. The zero-order valence-electron chi connectivity index (χ0n) is 14.0. The molecule has 128 valence electrons. The van der Waals surface area contributed by atoms with Gasteiger partial charge in [0.15, 0.2) is 0 Å². The van der Waals surface area contributed by atoms with Crippen molar-refractivity contribution in [2.45, 2.75) is 25.4 Å². The molecule has 1 aromatic heterocycles. The number of carbonyl (C=O) groups excluding carboxylic acids is 1. The van der Waals surface area contributed by atoms with Gasteiger partial charge in [-0.2, -0.15) is 0 Å². The minimum absolute atomic E-state index is 0.0124. The molecule has 2 amide bonds. The van der Waals surface area contributed by atoms with E-state index in [9.17, 15) is 4.79 Å². The molecule has 24 heavy (non-hydrogen) atoms. The molecule has 0 radical (unpaired) electrons. The summed E-state index contributed by atoms with van der Waals surface area (Å²) >= 11 is 1.65. The predicted molar refractivity (Wildman–Crippen MR) is 94.8 cm³/mol. The van der Waals surface area contributed by atoms with Crippen molar-refractivity contribution in [2.75, 3.05) is 20.8 Å². The topological polar surface area (TPSA) is 50.8 Å². The molecule has 0 unspecified atom stereocenters. The molecule has 1 saturated heterocycles. The van der Waals surface area contributed by atoms with E-state index in [0.717, 1.165) is 41.3 Å². The van der Waals surface area contributed by atoms with Crippen LogP contribution in [0.15, 0.2) is 35.7 Å². The van der Waals surface area contributed by atoms with Crippen molar-refractivity contribution in [2.24, 2.45) is 0 Å². The highest BCUT2D eigenvalue weighted by Gasteiger charge is 2.32. The SMILES string of the molecule is COc1ccc(OC)c([C@H]2CCCN2C(=O)NCc2cccs2)c1. The smallest absolute Gasteiger partial charge is 0.318 e. The Bertz CT molecular complexity index is 688. The van der Waals surface area contributed by atoms with Gasteiger partial charge in [0.2, 0.25) is 0 Å². The number of hydrogen-bond acceptors (Lipinski definition) is 4. The summed E-state index contributed by atoms with van der Waals surface area (Å²) < 4.78 is 10.8. The Hall–Kier alpha value is -2.21. The summed E-state index contributed by atoms with van der Waals surface area (Å²) in [5.74, 6) is 1.57. The van der Waals surface area contributed by atoms with E-state index in [-0.39, 0.29) is 12.1 Å². The highest BCUT2D eigenvalue weighted by atomic mass is 32.1. The molecular formula is C18H22N2O3S. The molecule has 1 N–H and O–H groups in total. The molecule has 0 saturated carbocycles. The fourth-order valence-electron chi connectivity index (χ4n) is 3.11. The molecule has 1 aliphatic heterocycles. The average molecular weight is 346 g/mol. The number of ether oxygens (including phenoxy) is 2. The van der Waals surface area contributed by atoms with E-state index in [0.29, 0.717) is 6.54 Å². The van der Waals surface area contributed by atoms with Crippen LogP contribution in [0.4, 0.5) is 4.79 Å². The highest BCUT2D eigenvalue weighted by Crippen LogP contribution is 2.38. The van der Waals surface area contributed by atoms with Crippen molar-refractivity contribution < 1.29 is 14.3 Å². The van der Waals surface area contributed by atoms with Gasteiger partial charge in [-0.05, 0) is 42.5 Å². The van der Waals surface area contributed by atoms with E-state index in [1.807, 2.05) is 40.6 Å². The number of benzene rings is 1. The second-order valence-electron chi connectivity index (χ2n) is 5.70. The van der Waals surface area contributed by atoms with Gasteiger partial charge in [-0.1, -0.05) is 6.07 Å². The number of nitrogens with one attached hydrogen (secondary N) is 1. The van der Waals surface area contributed by atoms with E-state index in [4.69, 9.17) is 9.47 Å². The fraction of sp³-hybridized carbons (Fsp3) is 0.389. The van der Waals surface area contributed by atoms with Crippen molar-refractivity contribution in [3.05, 3.63) is 46.2 Å². The molecule has 5 nitrogen and oxygen atoms in total. The van der Waals surface area contributed by atoms with Crippen molar-refractivity contribution >= 4 is 17.4 Å². The van der Waals surface area contributed by atoms with E-state index in [2.05, 4.69) is 5.32 Å². The summed E-state index contributed by atoms with van der Waals surface area (Å²) in [5, 5.41) is 5.03. The monoisotopic (exact) mass is 346 g/mol. The van der Waals surface area contributed by atoms with Gasteiger partial charge >= 0.3 is 6.03 Å². The Labute approximate surface area is 146 Å². The van der Waals surface area contributed by atoms with E-state index in [1.165, 1.54) is 0 Å². The normalized spacial score (nSPS) is 16.9. The van der Waals surface area contributed by atoms with Crippen molar-refractivity contribution in [1.29, 1.82) is 0 Å². The molecule has 3 rings (SSSR count). The standard InChI is InChI=1S/C18H22N2O3S/c1-22-13-7-8-17(23-2)15(11-13)16-6-3-9-20(16)18(21)19-12-14-5-4-10-24-14/h4-5,7-8,10-11,16H,3,6,9,12H2,1-2H3,(H,19,21)/t16-/m1/s1. The van der Waals surface area contributed by atoms with Crippen LogP contribution in [0.25, 0.3) is 0 Å². The molecule has 6 heteroatoms. The summed E-state index contributed by atoms with van der Waals surface area (Å²) in [7, 11) is 3.30. The minimum Gasteiger partial charge on any atom is -0.497 e. The highest BCUT2D eigenvalue weighted by molar-refractivity contribution is 7.09. The van der Waals surface area contributed by atoms with E-state index in [1.54, 1.807) is 25.6 Å². The largest absolute Gasteiger partial charge is 0.497 e. The lowest BCUT2D eigenvalue weighted by atomic mass is 10.0. The maximum Gasteiger partial charge on any atom is 0.318 e. The molecule has 0 bridgehead atoms. The summed E-state index contributed by atoms with van der Waals surface area (Å²) in [5.41, 5.74) is 1.00. The lowest BCUT2D eigenvalue weighted by molar-refractivity contribution is 0.191. The average Bonchev–Trinajstić information content (AvgIpc) is 3.30. The number of thiophene rings is 1. The molecule has 0 spiro atoms. The Balaban J connectivity index is 1.76. The lowest BCUT2D eigenvalue weighted by Gasteiger charge is -2.26. The van der Waals surface area contributed by atoms with E-state index >= 15 is 0 Å². The Morgan fingerprint density at radius 3 is 2.92 bits per heavy atom. The molecule has 0 aliphatic carbocycles. The zero-order chi connectivity index (χ0) is 16.9. The molecule has 1 aromatic carbocycles.